The van der Waals surface area contributed by atoms with Crippen LogP contribution in [0.1, 0.15) is 27.7 Å². The van der Waals surface area contributed by atoms with E-state index in [2.05, 4.69) is 45.9 Å². The van der Waals surface area contributed by atoms with E-state index < -0.39 is 0 Å². The van der Waals surface area contributed by atoms with Crippen LogP contribution in [0, 0.1) is 0 Å². The number of rotatable bonds is 3. The first-order valence-corrected chi connectivity index (χ1v) is 7.93. The fourth-order valence-corrected chi connectivity index (χ4v) is 2.69. The third-order valence-electron chi connectivity index (χ3n) is 4.83. The van der Waals surface area contributed by atoms with Gasteiger partial charge in [-0.1, -0.05) is 42.5 Å². The summed E-state index contributed by atoms with van der Waals surface area (Å²) in [4.78, 5) is 0. The summed E-state index contributed by atoms with van der Waals surface area (Å²) in [7, 11) is 1.32. The maximum absolute atomic E-state index is 6.15. The summed E-state index contributed by atoms with van der Waals surface area (Å²) in [5, 5.41) is 0. The monoisotopic (exact) mass is 310 g/mol. The van der Waals surface area contributed by atoms with Crippen LogP contribution in [-0.2, 0) is 9.31 Å². The smallest absolute Gasteiger partial charge is 0.494 e. The Morgan fingerprint density at radius 1 is 0.870 bits per heavy atom. The van der Waals surface area contributed by atoms with E-state index in [9.17, 15) is 0 Å². The van der Waals surface area contributed by atoms with Crippen LogP contribution in [0.2, 0.25) is 0 Å². The zero-order valence-electron chi connectivity index (χ0n) is 14.4. The van der Waals surface area contributed by atoms with Crippen molar-refractivity contribution < 1.29 is 14.0 Å². The third-order valence-corrected chi connectivity index (χ3v) is 4.83. The van der Waals surface area contributed by atoms with Gasteiger partial charge in [0.1, 0.15) is 5.75 Å². The van der Waals surface area contributed by atoms with E-state index in [0.29, 0.717) is 0 Å². The first-order chi connectivity index (χ1) is 10.8. The van der Waals surface area contributed by atoms with Gasteiger partial charge in [-0.2, -0.15) is 0 Å². The Bertz CT molecular complexity index is 679. The van der Waals surface area contributed by atoms with Crippen molar-refractivity contribution in [3.05, 3.63) is 48.5 Å². The summed E-state index contributed by atoms with van der Waals surface area (Å²) >= 11 is 0. The number of hydrogen-bond acceptors (Lipinski definition) is 3. The van der Waals surface area contributed by atoms with E-state index in [-0.39, 0.29) is 18.3 Å². The molecule has 0 bridgehead atoms. The molecule has 3 rings (SSSR count). The van der Waals surface area contributed by atoms with Gasteiger partial charge in [0.15, 0.2) is 0 Å². The van der Waals surface area contributed by atoms with Crippen molar-refractivity contribution in [1.29, 1.82) is 0 Å². The van der Waals surface area contributed by atoms with Gasteiger partial charge in [0, 0.05) is 5.56 Å². The number of methoxy groups -OCH3 is 1. The van der Waals surface area contributed by atoms with Gasteiger partial charge in [0.2, 0.25) is 0 Å². The SMILES string of the molecule is COc1ccc(B2OC(C)(C)C(C)(C)O2)cc1-c1ccccc1. The molecule has 0 aliphatic carbocycles. The van der Waals surface area contributed by atoms with E-state index in [1.54, 1.807) is 7.11 Å². The summed E-state index contributed by atoms with van der Waals surface area (Å²) in [5.74, 6) is 0.844. The number of benzene rings is 2. The molecular weight excluding hydrogens is 287 g/mol. The maximum atomic E-state index is 6.15. The van der Waals surface area contributed by atoms with Gasteiger partial charge in [-0.15, -0.1) is 0 Å². The van der Waals surface area contributed by atoms with Crippen LogP contribution in [0.3, 0.4) is 0 Å². The Labute approximate surface area is 138 Å². The molecule has 1 saturated heterocycles. The van der Waals surface area contributed by atoms with Gasteiger partial charge >= 0.3 is 7.12 Å². The number of hydrogen-bond donors (Lipinski definition) is 0. The molecular formula is C19H23BO3. The van der Waals surface area contributed by atoms with Crippen LogP contribution < -0.4 is 10.2 Å². The lowest BCUT2D eigenvalue weighted by Gasteiger charge is -2.32. The lowest BCUT2D eigenvalue weighted by molar-refractivity contribution is 0.00578. The zero-order chi connectivity index (χ0) is 16.7. The molecule has 1 fully saturated rings. The standard InChI is InChI=1S/C19H23BO3/c1-18(2)19(3,4)23-20(22-18)15-11-12-17(21-5)16(13-15)14-9-7-6-8-10-14/h6-13H,1-5H3. The van der Waals surface area contributed by atoms with Crippen molar-refractivity contribution in [2.45, 2.75) is 38.9 Å². The fourth-order valence-electron chi connectivity index (χ4n) is 2.69. The average Bonchev–Trinajstić information content (AvgIpc) is 2.75. The molecule has 2 aromatic rings. The molecule has 2 aromatic carbocycles. The van der Waals surface area contributed by atoms with Crippen molar-refractivity contribution in [2.75, 3.05) is 7.11 Å². The van der Waals surface area contributed by atoms with Gasteiger partial charge in [-0.25, -0.2) is 0 Å². The van der Waals surface area contributed by atoms with Gasteiger partial charge in [-0.05, 0) is 44.8 Å². The molecule has 1 aliphatic heterocycles. The highest BCUT2D eigenvalue weighted by atomic mass is 16.7. The second-order valence-electron chi connectivity index (χ2n) is 6.91. The molecule has 0 saturated carbocycles. The van der Waals surface area contributed by atoms with Crippen LogP contribution in [0.4, 0.5) is 0 Å². The van der Waals surface area contributed by atoms with E-state index in [1.165, 1.54) is 0 Å². The molecule has 0 atom stereocenters. The second-order valence-corrected chi connectivity index (χ2v) is 6.91. The van der Waals surface area contributed by atoms with Crippen molar-refractivity contribution in [1.82, 2.24) is 0 Å². The molecule has 1 heterocycles. The topological polar surface area (TPSA) is 27.7 Å². The van der Waals surface area contributed by atoms with Crippen molar-refractivity contribution in [2.24, 2.45) is 0 Å². The van der Waals surface area contributed by atoms with Crippen LogP contribution in [0.25, 0.3) is 11.1 Å². The van der Waals surface area contributed by atoms with E-state index in [0.717, 1.165) is 22.3 Å². The van der Waals surface area contributed by atoms with Crippen LogP contribution in [-0.4, -0.2) is 25.4 Å². The molecule has 0 unspecified atom stereocenters. The van der Waals surface area contributed by atoms with E-state index in [4.69, 9.17) is 14.0 Å². The predicted molar refractivity (Wildman–Crippen MR) is 94.1 cm³/mol. The average molecular weight is 310 g/mol. The normalized spacial score (nSPS) is 18.9. The number of ether oxygens (including phenoxy) is 1. The Balaban J connectivity index is 2.00. The van der Waals surface area contributed by atoms with Crippen LogP contribution in [0.15, 0.2) is 48.5 Å². The molecule has 4 heteroatoms. The summed E-state index contributed by atoms with van der Waals surface area (Å²) in [6, 6.07) is 16.3. The molecule has 0 radical (unpaired) electrons. The first kappa shape index (κ1) is 16.1. The predicted octanol–water partition coefficient (Wildman–Crippen LogP) is 3.66. The summed E-state index contributed by atoms with van der Waals surface area (Å²) in [6.07, 6.45) is 0. The summed E-state index contributed by atoms with van der Waals surface area (Å²) in [5.41, 5.74) is 2.47. The third kappa shape index (κ3) is 2.89. The second kappa shape index (κ2) is 5.70. The van der Waals surface area contributed by atoms with Crippen molar-refractivity contribution >= 4 is 12.6 Å². The zero-order valence-corrected chi connectivity index (χ0v) is 14.4. The van der Waals surface area contributed by atoms with E-state index >= 15 is 0 Å². The lowest BCUT2D eigenvalue weighted by atomic mass is 9.77. The minimum atomic E-state index is -0.367. The highest BCUT2D eigenvalue weighted by Crippen LogP contribution is 2.37. The molecule has 1 aliphatic rings. The minimum Gasteiger partial charge on any atom is -0.496 e. The van der Waals surface area contributed by atoms with Gasteiger partial charge in [-0.3, -0.25) is 0 Å². The highest BCUT2D eigenvalue weighted by Gasteiger charge is 2.51. The molecule has 0 amide bonds. The van der Waals surface area contributed by atoms with E-state index in [1.807, 2.05) is 30.3 Å². The molecule has 0 N–H and O–H groups in total. The molecule has 23 heavy (non-hydrogen) atoms. The van der Waals surface area contributed by atoms with Gasteiger partial charge in [0.25, 0.3) is 0 Å². The molecule has 3 nitrogen and oxygen atoms in total. The lowest BCUT2D eigenvalue weighted by Crippen LogP contribution is -2.41. The van der Waals surface area contributed by atoms with Crippen molar-refractivity contribution in [3.63, 3.8) is 0 Å². The Morgan fingerprint density at radius 2 is 1.48 bits per heavy atom. The highest BCUT2D eigenvalue weighted by molar-refractivity contribution is 6.62. The maximum Gasteiger partial charge on any atom is 0.494 e. The Kier molecular flexibility index (Phi) is 3.99. The Hall–Kier alpha value is -1.78. The van der Waals surface area contributed by atoms with Gasteiger partial charge in [0.05, 0.1) is 18.3 Å². The summed E-state index contributed by atoms with van der Waals surface area (Å²) < 4.78 is 17.8. The van der Waals surface area contributed by atoms with Crippen LogP contribution in [0.5, 0.6) is 5.75 Å². The first-order valence-electron chi connectivity index (χ1n) is 7.93. The summed E-state index contributed by atoms with van der Waals surface area (Å²) in [6.45, 7) is 8.26. The molecule has 0 spiro atoms. The van der Waals surface area contributed by atoms with Gasteiger partial charge < -0.3 is 14.0 Å². The minimum absolute atomic E-state index is 0.343. The molecule has 120 valence electrons. The van der Waals surface area contributed by atoms with Crippen molar-refractivity contribution in [3.8, 4) is 16.9 Å². The Morgan fingerprint density at radius 3 is 2.04 bits per heavy atom. The largest absolute Gasteiger partial charge is 0.496 e. The molecule has 0 aromatic heterocycles. The fraction of sp³-hybridized carbons (Fsp3) is 0.368. The quantitative estimate of drug-likeness (QED) is 0.810. The van der Waals surface area contributed by atoms with Crippen LogP contribution >= 0.6 is 0 Å².